The van der Waals surface area contributed by atoms with Crippen LogP contribution in [0.25, 0.3) is 0 Å². The maximum Gasteiger partial charge on any atom is 0.0577 e. The van der Waals surface area contributed by atoms with Crippen LogP contribution < -0.4 is 5.73 Å². The van der Waals surface area contributed by atoms with E-state index in [0.29, 0.717) is 24.0 Å². The van der Waals surface area contributed by atoms with Crippen molar-refractivity contribution < 1.29 is 13.7 Å². The molecule has 0 aromatic carbocycles. The van der Waals surface area contributed by atoms with Gasteiger partial charge < -0.3 is 15.2 Å². The Labute approximate surface area is 87.6 Å². The molecule has 0 aliphatic carbocycles. The molecular weight excluding hydrogens is 202 g/mol. The third kappa shape index (κ3) is 4.04. The summed E-state index contributed by atoms with van der Waals surface area (Å²) in [5, 5.41) is 0. The Bertz CT molecular complexity index is 183. The molecule has 2 N–H and O–H groups in total. The molecule has 1 rings (SSSR count). The summed E-state index contributed by atoms with van der Waals surface area (Å²) in [5.41, 5.74) is 5.94. The van der Waals surface area contributed by atoms with E-state index in [4.69, 9.17) is 15.2 Å². The van der Waals surface area contributed by atoms with E-state index in [1.54, 1.807) is 7.11 Å². The summed E-state index contributed by atoms with van der Waals surface area (Å²) in [6, 6.07) is 0.00943. The van der Waals surface area contributed by atoms with Crippen molar-refractivity contribution in [2.24, 2.45) is 11.7 Å². The number of hydrogen-bond acceptors (Lipinski definition) is 4. The predicted octanol–water partition coefficient (Wildman–Crippen LogP) is -0.255. The molecule has 0 amide bonds. The number of nitrogens with two attached hydrogens (primary N) is 1. The van der Waals surface area contributed by atoms with Gasteiger partial charge in [-0.25, -0.2) is 0 Å². The third-order valence-corrected chi connectivity index (χ3v) is 3.84. The fourth-order valence-corrected chi connectivity index (χ4v) is 2.72. The lowest BCUT2D eigenvalue weighted by Crippen LogP contribution is -2.36. The smallest absolute Gasteiger partial charge is 0.0577 e. The van der Waals surface area contributed by atoms with Crippen LogP contribution in [0, 0.1) is 5.92 Å². The second-order valence-corrected chi connectivity index (χ2v) is 5.21. The Morgan fingerprint density at radius 2 is 2.50 bits per heavy atom. The van der Waals surface area contributed by atoms with Gasteiger partial charge in [0.25, 0.3) is 0 Å². The van der Waals surface area contributed by atoms with E-state index in [0.717, 1.165) is 19.6 Å². The molecule has 0 aromatic heterocycles. The minimum absolute atomic E-state index is 0.00943. The lowest BCUT2D eigenvalue weighted by molar-refractivity contribution is 0.182. The molecule has 1 aliphatic heterocycles. The average Bonchev–Trinajstić information content (AvgIpc) is 2.67. The summed E-state index contributed by atoms with van der Waals surface area (Å²) in [5.74, 6) is 1.54. The van der Waals surface area contributed by atoms with Crippen LogP contribution in [0.2, 0.25) is 0 Å². The van der Waals surface area contributed by atoms with Gasteiger partial charge in [-0.2, -0.15) is 0 Å². The van der Waals surface area contributed by atoms with Crippen LogP contribution in [-0.2, 0) is 20.3 Å². The summed E-state index contributed by atoms with van der Waals surface area (Å²) in [6.45, 7) is 2.06. The summed E-state index contributed by atoms with van der Waals surface area (Å²) in [4.78, 5) is 0. The molecule has 3 unspecified atom stereocenters. The van der Waals surface area contributed by atoms with Crippen LogP contribution in [0.5, 0.6) is 0 Å². The number of methoxy groups -OCH3 is 1. The van der Waals surface area contributed by atoms with Crippen molar-refractivity contribution in [1.29, 1.82) is 0 Å². The molecule has 1 fully saturated rings. The Kier molecular flexibility index (Phi) is 5.62. The van der Waals surface area contributed by atoms with Crippen molar-refractivity contribution in [2.45, 2.75) is 12.5 Å². The number of hydrogen-bond donors (Lipinski definition) is 1. The second kappa shape index (κ2) is 6.50. The molecule has 1 saturated heterocycles. The third-order valence-electron chi connectivity index (χ3n) is 2.46. The fourth-order valence-electron chi connectivity index (χ4n) is 1.50. The van der Waals surface area contributed by atoms with Gasteiger partial charge in [0.15, 0.2) is 0 Å². The number of ether oxygens (including phenoxy) is 2. The van der Waals surface area contributed by atoms with E-state index in [-0.39, 0.29) is 6.04 Å². The first-order chi connectivity index (χ1) is 6.74. The second-order valence-electron chi connectivity index (χ2n) is 3.59. The minimum Gasteiger partial charge on any atom is -0.384 e. The van der Waals surface area contributed by atoms with Gasteiger partial charge in [-0.3, -0.25) is 4.21 Å². The molecule has 14 heavy (non-hydrogen) atoms. The minimum atomic E-state index is -0.852. The molecule has 0 spiro atoms. The van der Waals surface area contributed by atoms with Crippen LogP contribution in [0.15, 0.2) is 0 Å². The lowest BCUT2D eigenvalue weighted by atomic mass is 10.0. The molecule has 5 heteroatoms. The van der Waals surface area contributed by atoms with Gasteiger partial charge in [-0.1, -0.05) is 0 Å². The topological polar surface area (TPSA) is 61.5 Å². The highest BCUT2D eigenvalue weighted by molar-refractivity contribution is 7.85. The zero-order chi connectivity index (χ0) is 10.4. The van der Waals surface area contributed by atoms with Gasteiger partial charge >= 0.3 is 0 Å². The first-order valence-corrected chi connectivity index (χ1v) is 6.40. The largest absolute Gasteiger partial charge is 0.384 e. The van der Waals surface area contributed by atoms with E-state index in [1.165, 1.54) is 0 Å². The summed E-state index contributed by atoms with van der Waals surface area (Å²) < 4.78 is 21.6. The van der Waals surface area contributed by atoms with Crippen LogP contribution in [0.4, 0.5) is 0 Å². The molecule has 1 aliphatic rings. The molecule has 0 radical (unpaired) electrons. The highest BCUT2D eigenvalue weighted by Gasteiger charge is 2.23. The van der Waals surface area contributed by atoms with Gasteiger partial charge in [0.2, 0.25) is 0 Å². The van der Waals surface area contributed by atoms with Crippen molar-refractivity contribution >= 4 is 10.8 Å². The van der Waals surface area contributed by atoms with Gasteiger partial charge in [-0.05, 0) is 6.42 Å². The van der Waals surface area contributed by atoms with Gasteiger partial charge in [-0.15, -0.1) is 0 Å². The van der Waals surface area contributed by atoms with Crippen LogP contribution in [0.1, 0.15) is 6.42 Å². The van der Waals surface area contributed by atoms with Crippen molar-refractivity contribution in [1.82, 2.24) is 0 Å². The molecule has 3 atom stereocenters. The van der Waals surface area contributed by atoms with Gasteiger partial charge in [0, 0.05) is 48.0 Å². The zero-order valence-electron chi connectivity index (χ0n) is 8.61. The molecule has 0 bridgehead atoms. The number of rotatable bonds is 6. The van der Waals surface area contributed by atoms with Crippen molar-refractivity contribution in [3.05, 3.63) is 0 Å². The van der Waals surface area contributed by atoms with Crippen LogP contribution in [0.3, 0.4) is 0 Å². The van der Waals surface area contributed by atoms with E-state index >= 15 is 0 Å². The van der Waals surface area contributed by atoms with Crippen LogP contribution >= 0.6 is 0 Å². The SMILES string of the molecule is COCCS(=O)CC(N)C1CCOC1. The van der Waals surface area contributed by atoms with E-state index < -0.39 is 10.8 Å². The lowest BCUT2D eigenvalue weighted by Gasteiger charge is -2.16. The van der Waals surface area contributed by atoms with Crippen molar-refractivity contribution in [3.8, 4) is 0 Å². The molecule has 4 nitrogen and oxygen atoms in total. The summed E-state index contributed by atoms with van der Waals surface area (Å²) in [6.07, 6.45) is 1.00. The Morgan fingerprint density at radius 3 is 3.07 bits per heavy atom. The van der Waals surface area contributed by atoms with Gasteiger partial charge in [0.1, 0.15) is 0 Å². The Morgan fingerprint density at radius 1 is 1.71 bits per heavy atom. The Hall–Kier alpha value is 0.0300. The maximum atomic E-state index is 11.5. The molecule has 0 aromatic rings. The Balaban J connectivity index is 2.18. The normalized spacial score (nSPS) is 26.3. The first-order valence-electron chi connectivity index (χ1n) is 4.91. The highest BCUT2D eigenvalue weighted by Crippen LogP contribution is 2.15. The van der Waals surface area contributed by atoms with Crippen molar-refractivity contribution in [2.75, 3.05) is 38.4 Å². The van der Waals surface area contributed by atoms with Gasteiger partial charge in [0.05, 0.1) is 13.2 Å². The predicted molar refractivity (Wildman–Crippen MR) is 56.7 cm³/mol. The molecule has 84 valence electrons. The van der Waals surface area contributed by atoms with E-state index in [1.807, 2.05) is 0 Å². The molecule has 1 heterocycles. The van der Waals surface area contributed by atoms with E-state index in [9.17, 15) is 4.21 Å². The monoisotopic (exact) mass is 221 g/mol. The molecular formula is C9H19NO3S. The van der Waals surface area contributed by atoms with Crippen molar-refractivity contribution in [3.63, 3.8) is 0 Å². The highest BCUT2D eigenvalue weighted by atomic mass is 32.2. The summed E-state index contributed by atoms with van der Waals surface area (Å²) >= 11 is 0. The maximum absolute atomic E-state index is 11.5. The van der Waals surface area contributed by atoms with Crippen LogP contribution in [-0.4, -0.2) is 48.7 Å². The quantitative estimate of drug-likeness (QED) is 0.671. The average molecular weight is 221 g/mol. The fraction of sp³-hybridized carbons (Fsp3) is 1.00. The first kappa shape index (κ1) is 12.1. The summed E-state index contributed by atoms with van der Waals surface area (Å²) in [7, 11) is 0.761. The molecule has 0 saturated carbocycles. The van der Waals surface area contributed by atoms with E-state index in [2.05, 4.69) is 0 Å². The standard InChI is InChI=1S/C9H19NO3S/c1-12-4-5-14(11)7-9(10)8-2-3-13-6-8/h8-9H,2-7,10H2,1H3. The zero-order valence-corrected chi connectivity index (χ0v) is 9.42.